The van der Waals surface area contributed by atoms with Gasteiger partial charge in [0.15, 0.2) is 0 Å². The predicted octanol–water partition coefficient (Wildman–Crippen LogP) is 10.1. The quantitative estimate of drug-likeness (QED) is 0.0321. The first-order chi connectivity index (χ1) is 29.9. The van der Waals surface area contributed by atoms with Gasteiger partial charge in [0.05, 0.1) is 45.3 Å². The lowest BCUT2D eigenvalue weighted by atomic mass is 10.0. The highest BCUT2D eigenvalue weighted by Crippen LogP contribution is 2.37. The van der Waals surface area contributed by atoms with Crippen molar-refractivity contribution in [1.29, 1.82) is 0 Å². The molecule has 0 radical (unpaired) electrons. The molecule has 2 N–H and O–H groups in total. The summed E-state index contributed by atoms with van der Waals surface area (Å²) in [5, 5.41) is 70.5. The number of hydrazone groups is 2. The number of azo groups is 2. The van der Waals surface area contributed by atoms with Crippen LogP contribution < -0.4 is 20.3 Å². The number of rotatable bonds is 15. The van der Waals surface area contributed by atoms with E-state index < -0.39 is 19.7 Å². The Bertz CT molecular complexity index is 2570. The van der Waals surface area contributed by atoms with Gasteiger partial charge in [-0.1, -0.05) is 12.1 Å². The van der Waals surface area contributed by atoms with Gasteiger partial charge in [-0.3, -0.25) is 51.3 Å². The number of hydrogen-bond acceptors (Lipinski definition) is 16. The number of amidine groups is 2. The third-order valence-electron chi connectivity index (χ3n) is 8.61. The van der Waals surface area contributed by atoms with Crippen molar-refractivity contribution in [3.8, 4) is 22.6 Å². The average Bonchev–Trinajstić information content (AvgIpc) is 3.29. The number of nitrogens with zero attached hydrogens (tertiary/aromatic N) is 10. The summed E-state index contributed by atoms with van der Waals surface area (Å²) in [6.45, 7) is 0. The lowest BCUT2D eigenvalue weighted by Gasteiger charge is -2.10. The lowest BCUT2D eigenvalue weighted by Crippen LogP contribution is -2.02. The van der Waals surface area contributed by atoms with E-state index in [2.05, 4.69) is 41.5 Å². The SMILES string of the molecule is COc1cc(-c2ccc(N=N/C(=N/Nc3ccc([N+](=O)[O-])cc3)c3ccc([N+](=O)[O-])cc3)c(OC)c2)ccc1N=N/C(=N/Nc1ccc([N+](=O)[O-])cc1)c1ccc([N+](=O)[O-])cc1. The van der Waals surface area contributed by atoms with Crippen molar-refractivity contribution < 1.29 is 29.2 Å². The van der Waals surface area contributed by atoms with Crippen LogP contribution in [0.2, 0.25) is 0 Å². The van der Waals surface area contributed by atoms with Crippen molar-refractivity contribution in [2.24, 2.45) is 30.7 Å². The average molecular weight is 839 g/mol. The highest BCUT2D eigenvalue weighted by molar-refractivity contribution is 6.00. The normalized spacial score (nSPS) is 11.6. The fourth-order valence-corrected chi connectivity index (χ4v) is 5.39. The van der Waals surface area contributed by atoms with E-state index in [9.17, 15) is 40.5 Å². The van der Waals surface area contributed by atoms with E-state index in [-0.39, 0.29) is 34.4 Å². The molecule has 0 saturated carbocycles. The number of non-ortho nitro benzene ring substituents is 4. The number of methoxy groups -OCH3 is 2. The van der Waals surface area contributed by atoms with Crippen LogP contribution >= 0.6 is 0 Å². The van der Waals surface area contributed by atoms with Gasteiger partial charge in [0, 0.05) is 59.7 Å². The molecule has 6 aromatic rings. The monoisotopic (exact) mass is 838 g/mol. The second kappa shape index (κ2) is 19.4. The van der Waals surface area contributed by atoms with Crippen molar-refractivity contribution in [1.82, 2.24) is 0 Å². The van der Waals surface area contributed by atoms with Crippen LogP contribution in [0, 0.1) is 40.5 Å². The zero-order valence-corrected chi connectivity index (χ0v) is 32.3. The van der Waals surface area contributed by atoms with Gasteiger partial charge in [-0.05, 0) is 83.9 Å². The molecule has 0 fully saturated rings. The van der Waals surface area contributed by atoms with E-state index in [1.807, 2.05) is 0 Å². The minimum atomic E-state index is -0.543. The van der Waals surface area contributed by atoms with Crippen LogP contribution in [0.5, 0.6) is 11.5 Å². The molecule has 22 heteroatoms. The second-order valence-corrected chi connectivity index (χ2v) is 12.5. The first-order valence-corrected chi connectivity index (χ1v) is 17.8. The Kier molecular flexibility index (Phi) is 13.2. The van der Waals surface area contributed by atoms with Crippen LogP contribution in [-0.4, -0.2) is 45.6 Å². The molecule has 0 aromatic heterocycles. The van der Waals surface area contributed by atoms with Crippen LogP contribution in [0.3, 0.4) is 0 Å². The summed E-state index contributed by atoms with van der Waals surface area (Å²) in [6.07, 6.45) is 0. The molecule has 62 heavy (non-hydrogen) atoms. The highest BCUT2D eigenvalue weighted by atomic mass is 16.6. The molecule has 6 rings (SSSR count). The summed E-state index contributed by atoms with van der Waals surface area (Å²) in [6, 6.07) is 32.2. The zero-order valence-electron chi connectivity index (χ0n) is 32.3. The summed E-state index contributed by atoms with van der Waals surface area (Å²) in [7, 11) is 2.90. The van der Waals surface area contributed by atoms with Gasteiger partial charge in [0.2, 0.25) is 11.7 Å². The van der Waals surface area contributed by atoms with Gasteiger partial charge in [-0.2, -0.15) is 10.2 Å². The second-order valence-electron chi connectivity index (χ2n) is 12.5. The summed E-state index contributed by atoms with van der Waals surface area (Å²) >= 11 is 0. The maximum Gasteiger partial charge on any atom is 0.269 e. The standard InChI is InChI=1S/C40H30N12O10/c1-61-37-23-27(7-21-35(37)43-47-39(25-3-13-31(14-4-25)49(53)54)45-41-29-9-17-33(18-10-29)51(57)58)28-8-22-36(38(24-28)62-2)44-48-40(26-5-15-32(16-6-26)50(55)56)46-42-30-11-19-34(20-12-30)52(59)60/h3-24,41-42H,1-2H3/b45-39+,46-40+,47-43?,48-44?. The molecule has 22 nitrogen and oxygen atoms in total. The molecule has 310 valence electrons. The molecule has 0 spiro atoms. The lowest BCUT2D eigenvalue weighted by molar-refractivity contribution is -0.385. The van der Waals surface area contributed by atoms with Gasteiger partial charge in [0.1, 0.15) is 22.9 Å². The maximum absolute atomic E-state index is 11.3. The third-order valence-corrected chi connectivity index (χ3v) is 8.61. The van der Waals surface area contributed by atoms with Crippen LogP contribution in [0.25, 0.3) is 11.1 Å². The minimum Gasteiger partial charge on any atom is -0.494 e. The number of hydrogen-bond donors (Lipinski definition) is 2. The molecule has 0 aliphatic carbocycles. The summed E-state index contributed by atoms with van der Waals surface area (Å²) in [5.41, 5.74) is 8.58. The Morgan fingerprint density at radius 2 is 0.758 bits per heavy atom. The molecule has 0 bridgehead atoms. The fourth-order valence-electron chi connectivity index (χ4n) is 5.39. The van der Waals surface area contributed by atoms with E-state index >= 15 is 0 Å². The molecule has 0 aliphatic rings. The first kappa shape index (κ1) is 42.3. The maximum atomic E-state index is 11.3. The molecule has 0 aliphatic heterocycles. The number of nitro groups is 4. The molecule has 0 atom stereocenters. The molecular formula is C40H30N12O10. The molecule has 0 heterocycles. The molecule has 0 saturated heterocycles. The van der Waals surface area contributed by atoms with Gasteiger partial charge in [-0.25, -0.2) is 0 Å². The van der Waals surface area contributed by atoms with Crippen molar-refractivity contribution in [3.63, 3.8) is 0 Å². The Balaban J connectivity index is 1.26. The van der Waals surface area contributed by atoms with Crippen molar-refractivity contribution >= 4 is 57.2 Å². The van der Waals surface area contributed by atoms with Crippen LogP contribution in [0.1, 0.15) is 11.1 Å². The largest absolute Gasteiger partial charge is 0.494 e. The number of ether oxygens (including phenoxy) is 2. The smallest absolute Gasteiger partial charge is 0.269 e. The Hall–Kier alpha value is -9.34. The Morgan fingerprint density at radius 1 is 0.452 bits per heavy atom. The van der Waals surface area contributed by atoms with E-state index in [0.717, 1.165) is 0 Å². The molecule has 0 amide bonds. The molecule has 6 aromatic carbocycles. The summed E-state index contributed by atoms with van der Waals surface area (Å²) in [5.74, 6) is 0.709. The number of benzene rings is 6. The Morgan fingerprint density at radius 3 is 1.05 bits per heavy atom. The van der Waals surface area contributed by atoms with Crippen molar-refractivity contribution in [3.05, 3.63) is 185 Å². The van der Waals surface area contributed by atoms with Crippen molar-refractivity contribution in [2.75, 3.05) is 25.1 Å². The van der Waals surface area contributed by atoms with Gasteiger partial charge >= 0.3 is 0 Å². The van der Waals surface area contributed by atoms with E-state index in [1.165, 1.54) is 111 Å². The minimum absolute atomic E-state index is 0.0304. The van der Waals surface area contributed by atoms with Crippen LogP contribution in [0.15, 0.2) is 164 Å². The zero-order chi connectivity index (χ0) is 44.2. The molecular weight excluding hydrogens is 809 g/mol. The van der Waals surface area contributed by atoms with E-state index in [1.54, 1.807) is 36.4 Å². The number of anilines is 2. The fraction of sp³-hybridized carbons (Fsp3) is 0.0500. The van der Waals surface area contributed by atoms with Gasteiger partial charge < -0.3 is 9.47 Å². The van der Waals surface area contributed by atoms with Crippen LogP contribution in [0.4, 0.5) is 45.5 Å². The number of nitro benzene ring substituents is 4. The van der Waals surface area contributed by atoms with Gasteiger partial charge in [0.25, 0.3) is 22.7 Å². The topological polar surface area (TPSA) is 289 Å². The predicted molar refractivity (Wildman–Crippen MR) is 227 cm³/mol. The first-order valence-electron chi connectivity index (χ1n) is 17.8. The van der Waals surface area contributed by atoms with E-state index in [0.29, 0.717) is 56.5 Å². The summed E-state index contributed by atoms with van der Waals surface area (Å²) in [4.78, 5) is 42.5. The number of nitrogens with one attached hydrogen (secondary N) is 2. The third kappa shape index (κ3) is 10.6. The van der Waals surface area contributed by atoms with Crippen LogP contribution in [-0.2, 0) is 0 Å². The van der Waals surface area contributed by atoms with E-state index in [4.69, 9.17) is 9.47 Å². The van der Waals surface area contributed by atoms with Crippen molar-refractivity contribution in [2.45, 2.75) is 0 Å². The molecule has 0 unspecified atom stereocenters. The Labute approximate surface area is 349 Å². The van der Waals surface area contributed by atoms with Gasteiger partial charge in [-0.15, -0.1) is 20.5 Å². The summed E-state index contributed by atoms with van der Waals surface area (Å²) < 4.78 is 11.3. The highest BCUT2D eigenvalue weighted by Gasteiger charge is 2.14.